The normalized spacial score (nSPS) is 16.1. The highest BCUT2D eigenvalue weighted by atomic mass is 16.6. The van der Waals surface area contributed by atoms with Gasteiger partial charge in [0, 0.05) is 57.9 Å². The van der Waals surface area contributed by atoms with Gasteiger partial charge in [0.15, 0.2) is 0 Å². The zero-order valence-electron chi connectivity index (χ0n) is 14.5. The molecule has 1 aliphatic heterocycles. The van der Waals surface area contributed by atoms with Crippen LogP contribution in [0.3, 0.4) is 0 Å². The Morgan fingerprint density at radius 1 is 1.08 bits per heavy atom. The molecule has 0 bridgehead atoms. The van der Waals surface area contributed by atoms with E-state index < -0.39 is 0 Å². The van der Waals surface area contributed by atoms with Gasteiger partial charge in [-0.15, -0.1) is 0 Å². The smallest absolute Gasteiger partial charge is 0.269 e. The predicted molar refractivity (Wildman–Crippen MR) is 92.7 cm³/mol. The number of likely N-dealkylation sites (N-methyl/N-ethyl adjacent to an activating group) is 1. The molecule has 1 amide bonds. The van der Waals surface area contributed by atoms with Crippen molar-refractivity contribution >= 4 is 11.6 Å². The highest BCUT2D eigenvalue weighted by molar-refractivity contribution is 5.78. The monoisotopic (exact) mass is 334 g/mol. The molecule has 24 heavy (non-hydrogen) atoms. The fourth-order valence-corrected chi connectivity index (χ4v) is 2.95. The van der Waals surface area contributed by atoms with E-state index in [4.69, 9.17) is 0 Å². The first-order chi connectivity index (χ1) is 11.5. The number of non-ortho nitro benzene ring substituents is 1. The van der Waals surface area contributed by atoms with E-state index in [1.54, 1.807) is 12.1 Å². The molecule has 0 N–H and O–H groups in total. The van der Waals surface area contributed by atoms with Crippen molar-refractivity contribution in [2.45, 2.75) is 20.4 Å². The van der Waals surface area contributed by atoms with E-state index in [0.717, 1.165) is 51.4 Å². The lowest BCUT2D eigenvalue weighted by Crippen LogP contribution is -2.49. The number of nitro benzene ring substituents is 1. The van der Waals surface area contributed by atoms with Crippen molar-refractivity contribution in [2.24, 2.45) is 0 Å². The molecular formula is C17H26N4O3. The minimum atomic E-state index is -0.380. The molecule has 0 aliphatic carbocycles. The Labute approximate surface area is 143 Å². The van der Waals surface area contributed by atoms with Gasteiger partial charge in [-0.2, -0.15) is 0 Å². The van der Waals surface area contributed by atoms with Crippen LogP contribution >= 0.6 is 0 Å². The third-order valence-corrected chi connectivity index (χ3v) is 4.49. The summed E-state index contributed by atoms with van der Waals surface area (Å²) in [7, 11) is 0. The summed E-state index contributed by atoms with van der Waals surface area (Å²) in [4.78, 5) is 28.8. The van der Waals surface area contributed by atoms with Crippen LogP contribution in [0.25, 0.3) is 0 Å². The zero-order chi connectivity index (χ0) is 17.5. The van der Waals surface area contributed by atoms with Crippen molar-refractivity contribution in [3.05, 3.63) is 39.9 Å². The molecular weight excluding hydrogens is 308 g/mol. The number of nitro groups is 1. The van der Waals surface area contributed by atoms with E-state index in [1.165, 1.54) is 0 Å². The lowest BCUT2D eigenvalue weighted by atomic mass is 10.2. The lowest BCUT2D eigenvalue weighted by molar-refractivity contribution is -0.384. The molecule has 1 fully saturated rings. The molecule has 1 saturated heterocycles. The molecule has 7 nitrogen and oxygen atoms in total. The van der Waals surface area contributed by atoms with Gasteiger partial charge in [0.05, 0.1) is 11.5 Å². The molecule has 132 valence electrons. The Bertz CT molecular complexity index is 549. The van der Waals surface area contributed by atoms with E-state index in [-0.39, 0.29) is 16.5 Å². The van der Waals surface area contributed by atoms with Gasteiger partial charge >= 0.3 is 0 Å². The predicted octanol–water partition coefficient (Wildman–Crippen LogP) is 1.58. The Kier molecular flexibility index (Phi) is 6.69. The number of hydrogen-bond acceptors (Lipinski definition) is 5. The highest BCUT2D eigenvalue weighted by Crippen LogP contribution is 2.14. The number of rotatable bonds is 7. The SMILES string of the molecule is CCN(CC)C(=O)CN1CCN(Cc2ccc([N+](=O)[O-])cc2)CC1. The second kappa shape index (κ2) is 8.75. The Hall–Kier alpha value is -1.99. The van der Waals surface area contributed by atoms with Crippen LogP contribution in [0.5, 0.6) is 0 Å². The molecule has 0 aromatic heterocycles. The summed E-state index contributed by atoms with van der Waals surface area (Å²) in [6.45, 7) is 10.4. The molecule has 1 aliphatic rings. The summed E-state index contributed by atoms with van der Waals surface area (Å²) >= 11 is 0. The highest BCUT2D eigenvalue weighted by Gasteiger charge is 2.20. The van der Waals surface area contributed by atoms with E-state index in [1.807, 2.05) is 30.9 Å². The Balaban J connectivity index is 1.78. The van der Waals surface area contributed by atoms with E-state index in [0.29, 0.717) is 6.54 Å². The van der Waals surface area contributed by atoms with Gasteiger partial charge in [0.25, 0.3) is 5.69 Å². The van der Waals surface area contributed by atoms with Crippen molar-refractivity contribution in [3.8, 4) is 0 Å². The van der Waals surface area contributed by atoms with E-state index in [9.17, 15) is 14.9 Å². The van der Waals surface area contributed by atoms with Crippen LogP contribution in [-0.2, 0) is 11.3 Å². The Morgan fingerprint density at radius 2 is 1.62 bits per heavy atom. The van der Waals surface area contributed by atoms with Crippen LogP contribution in [0.4, 0.5) is 5.69 Å². The second-order valence-electron chi connectivity index (χ2n) is 6.04. The number of hydrogen-bond donors (Lipinski definition) is 0. The number of carbonyl (C=O) groups is 1. The van der Waals surface area contributed by atoms with Crippen molar-refractivity contribution in [1.29, 1.82) is 0 Å². The lowest BCUT2D eigenvalue weighted by Gasteiger charge is -2.35. The fraction of sp³-hybridized carbons (Fsp3) is 0.588. The second-order valence-corrected chi connectivity index (χ2v) is 6.04. The summed E-state index contributed by atoms with van der Waals surface area (Å²) in [5.74, 6) is 0.198. The molecule has 1 heterocycles. The van der Waals surface area contributed by atoms with Crippen LogP contribution in [0, 0.1) is 10.1 Å². The van der Waals surface area contributed by atoms with Gasteiger partial charge in [0.2, 0.25) is 5.91 Å². The van der Waals surface area contributed by atoms with Gasteiger partial charge in [0.1, 0.15) is 0 Å². The van der Waals surface area contributed by atoms with E-state index in [2.05, 4.69) is 9.80 Å². The first-order valence-corrected chi connectivity index (χ1v) is 8.49. The van der Waals surface area contributed by atoms with Gasteiger partial charge in [-0.3, -0.25) is 24.7 Å². The molecule has 0 spiro atoms. The molecule has 0 radical (unpaired) electrons. The summed E-state index contributed by atoms with van der Waals surface area (Å²) in [6, 6.07) is 6.73. The molecule has 1 aromatic rings. The van der Waals surface area contributed by atoms with Crippen molar-refractivity contribution in [3.63, 3.8) is 0 Å². The molecule has 1 aromatic carbocycles. The molecule has 2 rings (SSSR count). The molecule has 7 heteroatoms. The quantitative estimate of drug-likeness (QED) is 0.559. The van der Waals surface area contributed by atoms with Crippen molar-refractivity contribution in [1.82, 2.24) is 14.7 Å². The minimum Gasteiger partial charge on any atom is -0.342 e. The van der Waals surface area contributed by atoms with Crippen LogP contribution in [-0.4, -0.2) is 71.3 Å². The van der Waals surface area contributed by atoms with E-state index >= 15 is 0 Å². The largest absolute Gasteiger partial charge is 0.342 e. The average Bonchev–Trinajstić information content (AvgIpc) is 2.58. The maximum absolute atomic E-state index is 12.1. The topological polar surface area (TPSA) is 69.9 Å². The number of piperazine rings is 1. The summed E-state index contributed by atoms with van der Waals surface area (Å²) < 4.78 is 0. The minimum absolute atomic E-state index is 0.124. The number of carbonyl (C=O) groups excluding carboxylic acids is 1. The standard InChI is InChI=1S/C17H26N4O3/c1-3-20(4-2)17(22)14-19-11-9-18(10-12-19)13-15-5-7-16(8-6-15)21(23)24/h5-8H,3-4,9-14H2,1-2H3. The van der Waals surface area contributed by atoms with Crippen molar-refractivity contribution < 1.29 is 9.72 Å². The van der Waals surface area contributed by atoms with Gasteiger partial charge < -0.3 is 4.90 Å². The van der Waals surface area contributed by atoms with Crippen molar-refractivity contribution in [2.75, 3.05) is 45.8 Å². The van der Waals surface area contributed by atoms with Gasteiger partial charge in [-0.05, 0) is 19.4 Å². The number of benzene rings is 1. The van der Waals surface area contributed by atoms with Crippen LogP contribution < -0.4 is 0 Å². The molecule has 0 atom stereocenters. The fourth-order valence-electron chi connectivity index (χ4n) is 2.95. The third kappa shape index (κ3) is 5.01. The maximum atomic E-state index is 12.1. The third-order valence-electron chi connectivity index (χ3n) is 4.49. The maximum Gasteiger partial charge on any atom is 0.269 e. The molecule has 0 saturated carbocycles. The number of amides is 1. The first-order valence-electron chi connectivity index (χ1n) is 8.49. The Morgan fingerprint density at radius 3 is 2.12 bits per heavy atom. The number of nitrogens with zero attached hydrogens (tertiary/aromatic N) is 4. The van der Waals surface area contributed by atoms with Gasteiger partial charge in [-0.25, -0.2) is 0 Å². The average molecular weight is 334 g/mol. The first kappa shape index (κ1) is 18.4. The van der Waals surface area contributed by atoms with Gasteiger partial charge in [-0.1, -0.05) is 12.1 Å². The zero-order valence-corrected chi connectivity index (χ0v) is 14.5. The summed E-state index contributed by atoms with van der Waals surface area (Å²) in [5.41, 5.74) is 1.20. The summed E-state index contributed by atoms with van der Waals surface area (Å²) in [5, 5.41) is 10.7. The molecule has 0 unspecified atom stereocenters. The van der Waals surface area contributed by atoms with Crippen LogP contribution in [0.2, 0.25) is 0 Å². The summed E-state index contributed by atoms with van der Waals surface area (Å²) in [6.07, 6.45) is 0. The van der Waals surface area contributed by atoms with Crippen LogP contribution in [0.15, 0.2) is 24.3 Å². The van der Waals surface area contributed by atoms with Crippen LogP contribution in [0.1, 0.15) is 19.4 Å².